The third-order valence-electron chi connectivity index (χ3n) is 2.53. The van der Waals surface area contributed by atoms with Crippen LogP contribution in [-0.4, -0.2) is 0 Å². The summed E-state index contributed by atoms with van der Waals surface area (Å²) in [5.74, 6) is 1.89. The van der Waals surface area contributed by atoms with E-state index in [0.29, 0.717) is 0 Å². The highest BCUT2D eigenvalue weighted by Gasteiger charge is 2.14. The molecule has 1 fully saturated rings. The Morgan fingerprint density at radius 3 is 2.09 bits per heavy atom. The fourth-order valence-electron chi connectivity index (χ4n) is 1.75. The van der Waals surface area contributed by atoms with Crippen molar-refractivity contribution in [3.63, 3.8) is 0 Å². The maximum absolute atomic E-state index is 2.37. The molecule has 1 aliphatic rings. The summed E-state index contributed by atoms with van der Waals surface area (Å²) < 4.78 is 0. The van der Waals surface area contributed by atoms with Gasteiger partial charge in [0.25, 0.3) is 0 Å². The zero-order valence-electron chi connectivity index (χ0n) is 7.14. The van der Waals surface area contributed by atoms with Gasteiger partial charge in [0.2, 0.25) is 0 Å². The molecule has 1 saturated carbocycles. The van der Waals surface area contributed by atoms with Crippen molar-refractivity contribution >= 4 is 0 Å². The van der Waals surface area contributed by atoms with Crippen molar-refractivity contribution in [2.75, 3.05) is 0 Å². The summed E-state index contributed by atoms with van der Waals surface area (Å²) in [5, 5.41) is 0. The van der Waals surface area contributed by atoms with Crippen molar-refractivity contribution in [1.82, 2.24) is 0 Å². The summed E-state index contributed by atoms with van der Waals surface area (Å²) in [7, 11) is 0. The summed E-state index contributed by atoms with van der Waals surface area (Å²) in [4.78, 5) is 0. The van der Waals surface area contributed by atoms with Crippen molar-refractivity contribution in [2.45, 2.75) is 47.0 Å². The molecule has 66 valence electrons. The minimum Gasteiger partial charge on any atom is -0.0914 e. The Morgan fingerprint density at radius 1 is 1.09 bits per heavy atom. The molecule has 11 heavy (non-hydrogen) atoms. The Labute approximate surface area is 71.7 Å². The molecule has 0 heteroatoms. The van der Waals surface area contributed by atoms with E-state index in [4.69, 9.17) is 0 Å². The van der Waals surface area contributed by atoms with Crippen LogP contribution < -0.4 is 0 Å². The van der Waals surface area contributed by atoms with Crippen LogP contribution in [0.15, 0.2) is 12.2 Å². The van der Waals surface area contributed by atoms with Gasteiger partial charge in [0, 0.05) is 0 Å². The fourth-order valence-corrected chi connectivity index (χ4v) is 1.75. The molecule has 0 bridgehead atoms. The van der Waals surface area contributed by atoms with E-state index in [9.17, 15) is 0 Å². The Kier molecular flexibility index (Phi) is 5.27. The smallest absolute Gasteiger partial charge is 0.0233 e. The van der Waals surface area contributed by atoms with Crippen LogP contribution in [0.2, 0.25) is 0 Å². The van der Waals surface area contributed by atoms with E-state index < -0.39 is 0 Å². The average molecular weight is 154 g/mol. The largest absolute Gasteiger partial charge is 0.0914 e. The molecule has 0 spiro atoms. The van der Waals surface area contributed by atoms with Gasteiger partial charge >= 0.3 is 0 Å². The van der Waals surface area contributed by atoms with Gasteiger partial charge in [-0.1, -0.05) is 39.3 Å². The average Bonchev–Trinajstić information content (AvgIpc) is 1.95. The van der Waals surface area contributed by atoms with Crippen LogP contribution in [0.3, 0.4) is 0 Å². The minimum atomic E-state index is 0. The normalized spacial score (nSPS) is 31.8. The first-order valence-electron chi connectivity index (χ1n) is 4.45. The monoisotopic (exact) mass is 154 g/mol. The predicted molar refractivity (Wildman–Crippen MR) is 52.7 cm³/mol. The topological polar surface area (TPSA) is 0 Å². The summed E-state index contributed by atoms with van der Waals surface area (Å²) in [6.45, 7) is 4.49. The standard InChI is InChI=1S/C10H18.CH4/c1-3-4-10-7-5-9(2)6-8-10;/h3-4,9-10H,5-8H2,1-2H3;1H4/b4-3+;. The van der Waals surface area contributed by atoms with Crippen molar-refractivity contribution < 1.29 is 0 Å². The molecule has 0 aromatic carbocycles. The van der Waals surface area contributed by atoms with Gasteiger partial charge in [-0.2, -0.15) is 0 Å². The van der Waals surface area contributed by atoms with Crippen LogP contribution in [0.1, 0.15) is 47.0 Å². The van der Waals surface area contributed by atoms with Gasteiger partial charge in [-0.25, -0.2) is 0 Å². The lowest BCUT2D eigenvalue weighted by Crippen LogP contribution is -2.09. The molecule has 0 saturated heterocycles. The van der Waals surface area contributed by atoms with Crippen LogP contribution in [0.4, 0.5) is 0 Å². The van der Waals surface area contributed by atoms with Crippen LogP contribution in [0.25, 0.3) is 0 Å². The molecule has 1 aliphatic carbocycles. The quantitative estimate of drug-likeness (QED) is 0.500. The van der Waals surface area contributed by atoms with Crippen molar-refractivity contribution in [3.8, 4) is 0 Å². The van der Waals surface area contributed by atoms with Gasteiger partial charge in [0.1, 0.15) is 0 Å². The Balaban J connectivity index is 0.000001000. The maximum Gasteiger partial charge on any atom is -0.0233 e. The lowest BCUT2D eigenvalue weighted by molar-refractivity contribution is 0.330. The van der Waals surface area contributed by atoms with E-state index in [1.165, 1.54) is 25.7 Å². The molecule has 0 amide bonds. The van der Waals surface area contributed by atoms with E-state index in [1.807, 2.05) is 0 Å². The van der Waals surface area contributed by atoms with Crippen LogP contribution in [-0.2, 0) is 0 Å². The highest BCUT2D eigenvalue weighted by Crippen LogP contribution is 2.28. The summed E-state index contributed by atoms with van der Waals surface area (Å²) in [5.41, 5.74) is 0. The fraction of sp³-hybridized carbons (Fsp3) is 0.818. The van der Waals surface area contributed by atoms with Gasteiger partial charge < -0.3 is 0 Å². The number of rotatable bonds is 1. The lowest BCUT2D eigenvalue weighted by Gasteiger charge is -2.23. The Bertz CT molecular complexity index is 105. The van der Waals surface area contributed by atoms with E-state index in [2.05, 4.69) is 26.0 Å². The molecule has 0 atom stereocenters. The maximum atomic E-state index is 2.37. The molecule has 0 aliphatic heterocycles. The number of allylic oxidation sites excluding steroid dienone is 2. The van der Waals surface area contributed by atoms with Crippen LogP contribution >= 0.6 is 0 Å². The highest BCUT2D eigenvalue weighted by atomic mass is 14.2. The Morgan fingerprint density at radius 2 is 1.64 bits per heavy atom. The lowest BCUT2D eigenvalue weighted by atomic mass is 9.83. The zero-order chi connectivity index (χ0) is 7.40. The SMILES string of the molecule is C.C/C=C/C1CCC(C)CC1. The second-order valence-corrected chi connectivity index (χ2v) is 3.55. The molecule has 1 rings (SSSR count). The summed E-state index contributed by atoms with van der Waals surface area (Å²) >= 11 is 0. The predicted octanol–water partition coefficient (Wildman–Crippen LogP) is 4.02. The molecular formula is C11H22. The Hall–Kier alpha value is -0.260. The first-order chi connectivity index (χ1) is 4.83. The summed E-state index contributed by atoms with van der Waals surface area (Å²) in [6.07, 6.45) is 10.3. The molecule has 0 unspecified atom stereocenters. The van der Waals surface area contributed by atoms with E-state index in [0.717, 1.165) is 11.8 Å². The number of hydrogen-bond acceptors (Lipinski definition) is 0. The molecule has 0 N–H and O–H groups in total. The van der Waals surface area contributed by atoms with E-state index >= 15 is 0 Å². The zero-order valence-corrected chi connectivity index (χ0v) is 7.14. The molecule has 0 aromatic rings. The van der Waals surface area contributed by atoms with Gasteiger partial charge in [0.15, 0.2) is 0 Å². The third kappa shape index (κ3) is 3.60. The molecule has 0 radical (unpaired) electrons. The minimum absolute atomic E-state index is 0. The van der Waals surface area contributed by atoms with E-state index in [-0.39, 0.29) is 7.43 Å². The van der Waals surface area contributed by atoms with Crippen LogP contribution in [0.5, 0.6) is 0 Å². The van der Waals surface area contributed by atoms with Crippen molar-refractivity contribution in [1.29, 1.82) is 0 Å². The second-order valence-electron chi connectivity index (χ2n) is 3.55. The van der Waals surface area contributed by atoms with Gasteiger partial charge in [-0.05, 0) is 31.6 Å². The molecular weight excluding hydrogens is 132 g/mol. The first-order valence-corrected chi connectivity index (χ1v) is 4.45. The second kappa shape index (κ2) is 5.40. The van der Waals surface area contributed by atoms with Gasteiger partial charge in [-0.15, -0.1) is 0 Å². The van der Waals surface area contributed by atoms with Crippen LogP contribution in [0, 0.1) is 11.8 Å². The third-order valence-corrected chi connectivity index (χ3v) is 2.53. The van der Waals surface area contributed by atoms with Crippen molar-refractivity contribution in [2.24, 2.45) is 11.8 Å². The van der Waals surface area contributed by atoms with Gasteiger partial charge in [0.05, 0.1) is 0 Å². The van der Waals surface area contributed by atoms with E-state index in [1.54, 1.807) is 0 Å². The highest BCUT2D eigenvalue weighted by molar-refractivity contribution is 4.87. The number of hydrogen-bond donors (Lipinski definition) is 0. The van der Waals surface area contributed by atoms with Crippen molar-refractivity contribution in [3.05, 3.63) is 12.2 Å². The molecule has 0 aromatic heterocycles. The molecule has 0 nitrogen and oxygen atoms in total. The molecule has 0 heterocycles. The first kappa shape index (κ1) is 10.7. The van der Waals surface area contributed by atoms with Gasteiger partial charge in [-0.3, -0.25) is 0 Å². The summed E-state index contributed by atoms with van der Waals surface area (Å²) in [6, 6.07) is 0.